The van der Waals surface area contributed by atoms with E-state index < -0.39 is 0 Å². The van der Waals surface area contributed by atoms with Crippen LogP contribution in [0.3, 0.4) is 0 Å². The van der Waals surface area contributed by atoms with Crippen LogP contribution in [0, 0.1) is 0 Å². The Morgan fingerprint density at radius 3 is 2.48 bits per heavy atom. The van der Waals surface area contributed by atoms with Gasteiger partial charge in [-0.15, -0.1) is 0 Å². The standard InChI is InChI=1S/C16H22N4O/c1-2-12-3-5-13(6-4-12)10-20(14-7-8-14)11-15-18-16(9-17)21-19-15/h3-6,14H,2,7-11,17H2,1H3. The highest BCUT2D eigenvalue weighted by molar-refractivity contribution is 5.22. The van der Waals surface area contributed by atoms with Crippen LogP contribution in [0.2, 0.25) is 0 Å². The van der Waals surface area contributed by atoms with Crippen molar-refractivity contribution in [2.45, 2.75) is 51.9 Å². The molecule has 112 valence electrons. The van der Waals surface area contributed by atoms with Gasteiger partial charge >= 0.3 is 0 Å². The van der Waals surface area contributed by atoms with Gasteiger partial charge < -0.3 is 10.3 Å². The molecule has 0 unspecified atom stereocenters. The van der Waals surface area contributed by atoms with Crippen LogP contribution in [0.15, 0.2) is 28.8 Å². The van der Waals surface area contributed by atoms with Crippen molar-refractivity contribution in [1.82, 2.24) is 15.0 Å². The fourth-order valence-corrected chi connectivity index (χ4v) is 2.49. The van der Waals surface area contributed by atoms with Crippen molar-refractivity contribution in [1.29, 1.82) is 0 Å². The van der Waals surface area contributed by atoms with E-state index in [0.29, 0.717) is 18.5 Å². The van der Waals surface area contributed by atoms with E-state index in [1.54, 1.807) is 0 Å². The van der Waals surface area contributed by atoms with Crippen LogP contribution in [-0.2, 0) is 26.1 Å². The molecule has 1 aromatic heterocycles. The second-order valence-electron chi connectivity index (χ2n) is 5.61. The smallest absolute Gasteiger partial charge is 0.240 e. The Hall–Kier alpha value is -1.72. The summed E-state index contributed by atoms with van der Waals surface area (Å²) in [6.07, 6.45) is 3.60. The average molecular weight is 286 g/mol. The van der Waals surface area contributed by atoms with E-state index in [1.165, 1.54) is 24.0 Å². The van der Waals surface area contributed by atoms with Crippen LogP contribution in [0.1, 0.15) is 42.6 Å². The van der Waals surface area contributed by atoms with Crippen LogP contribution in [0.25, 0.3) is 0 Å². The van der Waals surface area contributed by atoms with Crippen molar-refractivity contribution in [3.8, 4) is 0 Å². The number of hydrogen-bond acceptors (Lipinski definition) is 5. The van der Waals surface area contributed by atoms with Crippen molar-refractivity contribution < 1.29 is 4.52 Å². The number of hydrogen-bond donors (Lipinski definition) is 1. The molecule has 5 nitrogen and oxygen atoms in total. The van der Waals surface area contributed by atoms with Crippen LogP contribution in [0.4, 0.5) is 0 Å². The van der Waals surface area contributed by atoms with Gasteiger partial charge in [0.05, 0.1) is 13.1 Å². The number of aromatic nitrogens is 2. The molecule has 2 aromatic rings. The molecule has 21 heavy (non-hydrogen) atoms. The van der Waals surface area contributed by atoms with Gasteiger partial charge in [0.1, 0.15) is 0 Å². The largest absolute Gasteiger partial charge is 0.338 e. The maximum absolute atomic E-state index is 5.51. The van der Waals surface area contributed by atoms with E-state index in [1.807, 2.05) is 0 Å². The van der Waals surface area contributed by atoms with Crippen LogP contribution < -0.4 is 5.73 Å². The first kappa shape index (κ1) is 14.2. The van der Waals surface area contributed by atoms with Crippen LogP contribution in [0.5, 0.6) is 0 Å². The Balaban J connectivity index is 1.66. The van der Waals surface area contributed by atoms with Crippen LogP contribution in [-0.4, -0.2) is 21.1 Å². The summed E-state index contributed by atoms with van der Waals surface area (Å²) in [5.74, 6) is 1.24. The van der Waals surface area contributed by atoms with E-state index in [0.717, 1.165) is 25.3 Å². The molecule has 3 rings (SSSR count). The SMILES string of the molecule is CCc1ccc(CN(Cc2noc(CN)n2)C2CC2)cc1. The quantitative estimate of drug-likeness (QED) is 0.845. The van der Waals surface area contributed by atoms with Gasteiger partial charge in [0.2, 0.25) is 5.89 Å². The second-order valence-corrected chi connectivity index (χ2v) is 5.61. The molecule has 1 heterocycles. The normalized spacial score (nSPS) is 14.8. The lowest BCUT2D eigenvalue weighted by Gasteiger charge is -2.20. The molecule has 1 saturated carbocycles. The maximum Gasteiger partial charge on any atom is 0.240 e. The van der Waals surface area contributed by atoms with E-state index in [2.05, 4.69) is 46.2 Å². The van der Waals surface area contributed by atoms with Crippen molar-refractivity contribution in [2.75, 3.05) is 0 Å². The Morgan fingerprint density at radius 2 is 1.90 bits per heavy atom. The van der Waals surface area contributed by atoms with E-state index >= 15 is 0 Å². The predicted octanol–water partition coefficient (Wildman–Crippen LogP) is 2.26. The van der Waals surface area contributed by atoms with Gasteiger partial charge in [0.15, 0.2) is 5.82 Å². The van der Waals surface area contributed by atoms with Crippen molar-refractivity contribution in [2.24, 2.45) is 5.73 Å². The first-order valence-electron chi connectivity index (χ1n) is 7.62. The summed E-state index contributed by atoms with van der Waals surface area (Å²) in [6, 6.07) is 9.50. The molecule has 0 amide bonds. The minimum absolute atomic E-state index is 0.301. The summed E-state index contributed by atoms with van der Waals surface area (Å²) < 4.78 is 5.08. The minimum Gasteiger partial charge on any atom is -0.338 e. The predicted molar refractivity (Wildman–Crippen MR) is 80.3 cm³/mol. The van der Waals surface area contributed by atoms with Crippen molar-refractivity contribution >= 4 is 0 Å². The molecule has 5 heteroatoms. The average Bonchev–Trinajstić information content (AvgIpc) is 3.27. The van der Waals surface area contributed by atoms with Gasteiger partial charge in [-0.2, -0.15) is 4.98 Å². The molecule has 1 aromatic carbocycles. The lowest BCUT2D eigenvalue weighted by atomic mass is 10.1. The first-order valence-corrected chi connectivity index (χ1v) is 7.62. The molecule has 0 bridgehead atoms. The Morgan fingerprint density at radius 1 is 1.19 bits per heavy atom. The van der Waals surface area contributed by atoms with E-state index in [-0.39, 0.29) is 0 Å². The summed E-state index contributed by atoms with van der Waals surface area (Å²) in [5.41, 5.74) is 8.22. The highest BCUT2D eigenvalue weighted by atomic mass is 16.5. The molecule has 0 radical (unpaired) electrons. The molecule has 0 saturated heterocycles. The third-order valence-corrected chi connectivity index (χ3v) is 3.91. The van der Waals surface area contributed by atoms with Crippen molar-refractivity contribution in [3.05, 3.63) is 47.1 Å². The highest BCUT2D eigenvalue weighted by Gasteiger charge is 2.30. The highest BCUT2D eigenvalue weighted by Crippen LogP contribution is 2.29. The fourth-order valence-electron chi connectivity index (χ4n) is 2.49. The molecular weight excluding hydrogens is 264 g/mol. The van der Waals surface area contributed by atoms with E-state index in [9.17, 15) is 0 Å². The second kappa shape index (κ2) is 6.37. The number of rotatable bonds is 7. The van der Waals surface area contributed by atoms with Gasteiger partial charge in [-0.05, 0) is 30.4 Å². The number of benzene rings is 1. The maximum atomic E-state index is 5.51. The van der Waals surface area contributed by atoms with Gasteiger partial charge in [-0.1, -0.05) is 36.3 Å². The summed E-state index contributed by atoms with van der Waals surface area (Å²) in [6.45, 7) is 4.14. The summed E-state index contributed by atoms with van der Waals surface area (Å²) in [7, 11) is 0. The number of aryl methyl sites for hydroxylation is 1. The first-order chi connectivity index (χ1) is 10.3. The molecule has 0 aliphatic heterocycles. The van der Waals surface area contributed by atoms with Gasteiger partial charge in [0, 0.05) is 12.6 Å². The summed E-state index contributed by atoms with van der Waals surface area (Å²) in [4.78, 5) is 6.73. The summed E-state index contributed by atoms with van der Waals surface area (Å²) >= 11 is 0. The molecule has 0 spiro atoms. The monoisotopic (exact) mass is 286 g/mol. The van der Waals surface area contributed by atoms with Crippen LogP contribution >= 0.6 is 0 Å². The molecule has 1 aliphatic rings. The zero-order chi connectivity index (χ0) is 14.7. The Bertz CT molecular complexity index is 574. The fraction of sp³-hybridized carbons (Fsp3) is 0.500. The minimum atomic E-state index is 0.301. The van der Waals surface area contributed by atoms with E-state index in [4.69, 9.17) is 10.3 Å². The molecule has 2 N–H and O–H groups in total. The molecule has 0 atom stereocenters. The number of nitrogens with zero attached hydrogens (tertiary/aromatic N) is 3. The van der Waals surface area contributed by atoms with Crippen molar-refractivity contribution in [3.63, 3.8) is 0 Å². The molecular formula is C16H22N4O. The lowest BCUT2D eigenvalue weighted by molar-refractivity contribution is 0.235. The molecule has 1 aliphatic carbocycles. The zero-order valence-electron chi connectivity index (χ0n) is 12.5. The molecule has 1 fully saturated rings. The topological polar surface area (TPSA) is 68.2 Å². The zero-order valence-corrected chi connectivity index (χ0v) is 12.5. The third-order valence-electron chi connectivity index (χ3n) is 3.91. The van der Waals surface area contributed by atoms with Gasteiger partial charge in [0.25, 0.3) is 0 Å². The van der Waals surface area contributed by atoms with Gasteiger partial charge in [-0.25, -0.2) is 0 Å². The number of nitrogens with two attached hydrogens (primary N) is 1. The third kappa shape index (κ3) is 3.68. The lowest BCUT2D eigenvalue weighted by Crippen LogP contribution is -2.25. The Labute approximate surface area is 125 Å². The summed E-state index contributed by atoms with van der Waals surface area (Å²) in [5, 5.41) is 4.00. The Kier molecular flexibility index (Phi) is 4.31. The van der Waals surface area contributed by atoms with Gasteiger partial charge in [-0.3, -0.25) is 4.90 Å².